The molecule has 2 aromatic carbocycles. The van der Waals surface area contributed by atoms with Crippen LogP contribution in [0.5, 0.6) is 0 Å². The van der Waals surface area contributed by atoms with Crippen LogP contribution >= 0.6 is 0 Å². The average molecular weight is 372 g/mol. The molecule has 1 N–H and O–H groups in total. The molecule has 2 heterocycles. The number of fused-ring (bicyclic) bond motifs is 1. The second-order valence-electron chi connectivity index (χ2n) is 6.71. The second-order valence-corrected chi connectivity index (χ2v) is 6.71. The van der Waals surface area contributed by atoms with Crippen LogP contribution in [0.1, 0.15) is 17.4 Å². The molecule has 0 aromatic heterocycles. The summed E-state index contributed by atoms with van der Waals surface area (Å²) in [6.45, 7) is 0.699. The first-order chi connectivity index (χ1) is 13.3. The summed E-state index contributed by atoms with van der Waals surface area (Å²) in [5.74, 6) is 0. The third kappa shape index (κ3) is 4.06. The Labute approximate surface area is 158 Å². The van der Waals surface area contributed by atoms with Crippen LogP contribution in [-0.4, -0.2) is 49.5 Å². The molecule has 0 radical (unpaired) electrons. The Bertz CT molecular complexity index is 709. The number of methoxy groups -OCH3 is 1. The van der Waals surface area contributed by atoms with Crippen molar-refractivity contribution < 1.29 is 28.8 Å². The van der Waals surface area contributed by atoms with Crippen molar-refractivity contribution in [1.82, 2.24) is 0 Å². The number of hydrogen-bond donors (Lipinski definition) is 1. The van der Waals surface area contributed by atoms with E-state index < -0.39 is 30.9 Å². The number of ether oxygens (including phenoxy) is 5. The predicted octanol–water partition coefficient (Wildman–Crippen LogP) is 2.42. The zero-order valence-electron chi connectivity index (χ0n) is 15.1. The first-order valence-electron chi connectivity index (χ1n) is 9.10. The van der Waals surface area contributed by atoms with Crippen LogP contribution < -0.4 is 0 Å². The van der Waals surface area contributed by atoms with Gasteiger partial charge in [-0.1, -0.05) is 60.7 Å². The molecule has 27 heavy (non-hydrogen) atoms. The number of benzene rings is 2. The van der Waals surface area contributed by atoms with E-state index in [2.05, 4.69) is 0 Å². The molecule has 4 rings (SSSR count). The van der Waals surface area contributed by atoms with Gasteiger partial charge in [0, 0.05) is 12.7 Å². The summed E-state index contributed by atoms with van der Waals surface area (Å²) in [5, 5.41) is 10.7. The summed E-state index contributed by atoms with van der Waals surface area (Å²) < 4.78 is 29.2. The van der Waals surface area contributed by atoms with Crippen LogP contribution in [0.15, 0.2) is 60.7 Å². The number of hydrogen-bond acceptors (Lipinski definition) is 6. The van der Waals surface area contributed by atoms with Crippen molar-refractivity contribution >= 4 is 0 Å². The Balaban J connectivity index is 1.51. The molecule has 0 bridgehead atoms. The molecule has 2 aliphatic rings. The zero-order valence-corrected chi connectivity index (χ0v) is 15.1. The second kappa shape index (κ2) is 8.48. The molecule has 144 valence electrons. The molecule has 0 aliphatic carbocycles. The van der Waals surface area contributed by atoms with E-state index in [9.17, 15) is 5.11 Å². The van der Waals surface area contributed by atoms with E-state index in [1.54, 1.807) is 0 Å². The van der Waals surface area contributed by atoms with Crippen molar-refractivity contribution in [2.45, 2.75) is 43.6 Å². The molecule has 6 heteroatoms. The van der Waals surface area contributed by atoms with Gasteiger partial charge in [0.15, 0.2) is 12.6 Å². The van der Waals surface area contributed by atoms with Gasteiger partial charge < -0.3 is 28.8 Å². The number of aliphatic hydroxyl groups is 1. The standard InChI is InChI=1S/C21H24O6/c1-23-21-17(22)19(24-12-14-8-4-2-5-9-14)18-16(26-21)13-25-20(27-18)15-10-6-3-7-11-15/h2-11,16-22H,12-13H2,1H3/t16-,17?,18-,19-,20-,21-/m1/s1. The summed E-state index contributed by atoms with van der Waals surface area (Å²) in [4.78, 5) is 0. The minimum atomic E-state index is -0.963. The highest BCUT2D eigenvalue weighted by Gasteiger charge is 2.50. The monoisotopic (exact) mass is 372 g/mol. The molecule has 0 amide bonds. The smallest absolute Gasteiger partial charge is 0.186 e. The van der Waals surface area contributed by atoms with Crippen LogP contribution in [0.25, 0.3) is 0 Å². The van der Waals surface area contributed by atoms with E-state index in [1.165, 1.54) is 7.11 Å². The highest BCUT2D eigenvalue weighted by atomic mass is 16.8. The molecule has 2 saturated heterocycles. The normalized spacial score (nSPS) is 33.4. The van der Waals surface area contributed by atoms with E-state index in [0.717, 1.165) is 11.1 Å². The summed E-state index contributed by atoms with van der Waals surface area (Å²) in [6.07, 6.45) is -3.70. The van der Waals surface area contributed by atoms with E-state index in [1.807, 2.05) is 60.7 Å². The molecular weight excluding hydrogens is 348 g/mol. The molecule has 6 atom stereocenters. The molecule has 0 saturated carbocycles. The van der Waals surface area contributed by atoms with Crippen molar-refractivity contribution in [2.75, 3.05) is 13.7 Å². The maximum Gasteiger partial charge on any atom is 0.186 e. The average Bonchev–Trinajstić information content (AvgIpc) is 2.74. The maximum atomic E-state index is 10.7. The van der Waals surface area contributed by atoms with Crippen molar-refractivity contribution in [1.29, 1.82) is 0 Å². The minimum Gasteiger partial charge on any atom is -0.385 e. The molecule has 2 fully saturated rings. The number of rotatable bonds is 5. The molecule has 1 unspecified atom stereocenters. The van der Waals surface area contributed by atoms with E-state index in [4.69, 9.17) is 23.7 Å². The van der Waals surface area contributed by atoms with Crippen LogP contribution in [0, 0.1) is 0 Å². The first-order valence-corrected chi connectivity index (χ1v) is 9.10. The van der Waals surface area contributed by atoms with Crippen molar-refractivity contribution in [3.63, 3.8) is 0 Å². The quantitative estimate of drug-likeness (QED) is 0.870. The first kappa shape index (κ1) is 18.6. The Morgan fingerprint density at radius 2 is 1.70 bits per heavy atom. The molecule has 0 spiro atoms. The number of aliphatic hydroxyl groups excluding tert-OH is 1. The van der Waals surface area contributed by atoms with Gasteiger partial charge in [-0.3, -0.25) is 0 Å². The highest BCUT2D eigenvalue weighted by molar-refractivity contribution is 5.17. The Hall–Kier alpha value is -1.80. The topological polar surface area (TPSA) is 66.4 Å². The van der Waals surface area contributed by atoms with Crippen molar-refractivity contribution in [3.05, 3.63) is 71.8 Å². The fraction of sp³-hybridized carbons (Fsp3) is 0.429. The van der Waals surface area contributed by atoms with E-state index in [0.29, 0.717) is 13.2 Å². The van der Waals surface area contributed by atoms with Crippen molar-refractivity contribution in [3.8, 4) is 0 Å². The maximum absolute atomic E-state index is 10.7. The van der Waals surface area contributed by atoms with Gasteiger partial charge in [-0.25, -0.2) is 0 Å². The summed E-state index contributed by atoms with van der Waals surface area (Å²) in [5.41, 5.74) is 1.94. The highest BCUT2D eigenvalue weighted by Crippen LogP contribution is 2.35. The third-order valence-electron chi connectivity index (χ3n) is 4.90. The lowest BCUT2D eigenvalue weighted by molar-refractivity contribution is -0.363. The fourth-order valence-corrected chi connectivity index (χ4v) is 3.49. The van der Waals surface area contributed by atoms with Gasteiger partial charge in [-0.05, 0) is 5.56 Å². The molecular formula is C21H24O6. The Kier molecular flexibility index (Phi) is 5.83. The van der Waals surface area contributed by atoms with Gasteiger partial charge in [0.25, 0.3) is 0 Å². The van der Waals surface area contributed by atoms with Gasteiger partial charge in [0.05, 0.1) is 13.2 Å². The van der Waals surface area contributed by atoms with Gasteiger partial charge in [-0.2, -0.15) is 0 Å². The van der Waals surface area contributed by atoms with Crippen molar-refractivity contribution in [2.24, 2.45) is 0 Å². The molecule has 2 aromatic rings. The summed E-state index contributed by atoms with van der Waals surface area (Å²) in [6, 6.07) is 19.5. The SMILES string of the molecule is CO[C@@H]1O[C@@H]2CO[C@@H](c3ccccc3)O[C@H]2[C@H](OCc2ccccc2)C1O. The van der Waals surface area contributed by atoms with E-state index >= 15 is 0 Å². The van der Waals surface area contributed by atoms with Gasteiger partial charge in [0.2, 0.25) is 0 Å². The van der Waals surface area contributed by atoms with Crippen LogP contribution in [0.2, 0.25) is 0 Å². The van der Waals surface area contributed by atoms with Crippen LogP contribution in [0.4, 0.5) is 0 Å². The van der Waals surface area contributed by atoms with E-state index in [-0.39, 0.29) is 6.10 Å². The lowest BCUT2D eigenvalue weighted by atomic mass is 9.97. The molecule has 6 nitrogen and oxygen atoms in total. The van der Waals surface area contributed by atoms with Crippen LogP contribution in [0.3, 0.4) is 0 Å². The Morgan fingerprint density at radius 3 is 2.41 bits per heavy atom. The summed E-state index contributed by atoms with van der Waals surface area (Å²) >= 11 is 0. The summed E-state index contributed by atoms with van der Waals surface area (Å²) in [7, 11) is 1.50. The van der Waals surface area contributed by atoms with Crippen LogP contribution in [-0.2, 0) is 30.3 Å². The fourth-order valence-electron chi connectivity index (χ4n) is 3.49. The van der Waals surface area contributed by atoms with Gasteiger partial charge >= 0.3 is 0 Å². The minimum absolute atomic E-state index is 0.335. The van der Waals surface area contributed by atoms with Gasteiger partial charge in [-0.15, -0.1) is 0 Å². The largest absolute Gasteiger partial charge is 0.385 e. The predicted molar refractivity (Wildman–Crippen MR) is 96.7 cm³/mol. The lowest BCUT2D eigenvalue weighted by Gasteiger charge is -2.47. The molecule has 2 aliphatic heterocycles. The van der Waals surface area contributed by atoms with Gasteiger partial charge in [0.1, 0.15) is 24.4 Å². The zero-order chi connectivity index (χ0) is 18.6. The lowest BCUT2D eigenvalue weighted by Crippen LogP contribution is -2.62. The third-order valence-corrected chi connectivity index (χ3v) is 4.90. The Morgan fingerprint density at radius 1 is 1.00 bits per heavy atom.